The zero-order valence-corrected chi connectivity index (χ0v) is 10.7. The fraction of sp³-hybridized carbons (Fsp3) is 0.500. The van der Waals surface area contributed by atoms with E-state index in [0.29, 0.717) is 6.61 Å². The van der Waals surface area contributed by atoms with Crippen molar-refractivity contribution in [2.45, 2.75) is 19.8 Å². The van der Waals surface area contributed by atoms with Crippen LogP contribution in [0.15, 0.2) is 24.3 Å². The maximum absolute atomic E-state index is 12.1. The first-order valence-corrected chi connectivity index (χ1v) is 6.54. The summed E-state index contributed by atoms with van der Waals surface area (Å²) in [6.45, 7) is 4.43. The highest BCUT2D eigenvalue weighted by atomic mass is 16.5. The SMILES string of the molecule is CCOc1cccc(NC(=O)C2CCNCC2)c1. The van der Waals surface area contributed by atoms with E-state index in [1.807, 2.05) is 31.2 Å². The number of ether oxygens (including phenoxy) is 1. The van der Waals surface area contributed by atoms with Crippen molar-refractivity contribution in [2.75, 3.05) is 25.0 Å². The summed E-state index contributed by atoms with van der Waals surface area (Å²) in [6, 6.07) is 7.54. The number of rotatable bonds is 4. The zero-order valence-electron chi connectivity index (χ0n) is 10.7. The van der Waals surface area contributed by atoms with E-state index in [0.717, 1.165) is 37.4 Å². The van der Waals surface area contributed by atoms with Gasteiger partial charge in [-0.15, -0.1) is 0 Å². The van der Waals surface area contributed by atoms with Crippen molar-refractivity contribution >= 4 is 11.6 Å². The van der Waals surface area contributed by atoms with E-state index in [9.17, 15) is 4.79 Å². The van der Waals surface area contributed by atoms with Crippen LogP contribution in [0.1, 0.15) is 19.8 Å². The Morgan fingerprint density at radius 2 is 2.22 bits per heavy atom. The Bertz CT molecular complexity index is 401. The molecule has 2 N–H and O–H groups in total. The van der Waals surface area contributed by atoms with Crippen LogP contribution in [0.4, 0.5) is 5.69 Å². The predicted molar refractivity (Wildman–Crippen MR) is 71.8 cm³/mol. The van der Waals surface area contributed by atoms with Gasteiger partial charge in [-0.05, 0) is 45.0 Å². The Morgan fingerprint density at radius 1 is 1.44 bits per heavy atom. The summed E-state index contributed by atoms with van der Waals surface area (Å²) < 4.78 is 5.41. The first-order chi connectivity index (χ1) is 8.79. The molecule has 18 heavy (non-hydrogen) atoms. The van der Waals surface area contributed by atoms with E-state index >= 15 is 0 Å². The minimum Gasteiger partial charge on any atom is -0.494 e. The van der Waals surface area contributed by atoms with Gasteiger partial charge in [0, 0.05) is 17.7 Å². The summed E-state index contributed by atoms with van der Waals surface area (Å²) in [5, 5.41) is 6.22. The summed E-state index contributed by atoms with van der Waals surface area (Å²) in [4.78, 5) is 12.1. The molecular formula is C14H20N2O2. The predicted octanol–water partition coefficient (Wildman–Crippen LogP) is 2.02. The van der Waals surface area contributed by atoms with Crippen LogP contribution >= 0.6 is 0 Å². The average Bonchev–Trinajstić information content (AvgIpc) is 2.40. The second-order valence-corrected chi connectivity index (χ2v) is 4.47. The van der Waals surface area contributed by atoms with Crippen molar-refractivity contribution in [3.63, 3.8) is 0 Å². The van der Waals surface area contributed by atoms with E-state index in [-0.39, 0.29) is 11.8 Å². The smallest absolute Gasteiger partial charge is 0.227 e. The van der Waals surface area contributed by atoms with E-state index in [2.05, 4.69) is 10.6 Å². The molecule has 0 atom stereocenters. The molecule has 1 aromatic carbocycles. The molecule has 4 heteroatoms. The van der Waals surface area contributed by atoms with Gasteiger partial charge in [-0.1, -0.05) is 6.07 Å². The summed E-state index contributed by atoms with van der Waals surface area (Å²) >= 11 is 0. The molecule has 1 heterocycles. The summed E-state index contributed by atoms with van der Waals surface area (Å²) in [7, 11) is 0. The van der Waals surface area contributed by atoms with Gasteiger partial charge in [-0.25, -0.2) is 0 Å². The van der Waals surface area contributed by atoms with Crippen LogP contribution in [0.3, 0.4) is 0 Å². The third kappa shape index (κ3) is 3.47. The maximum atomic E-state index is 12.1. The van der Waals surface area contributed by atoms with Crippen molar-refractivity contribution in [1.82, 2.24) is 5.32 Å². The van der Waals surface area contributed by atoms with Crippen molar-refractivity contribution < 1.29 is 9.53 Å². The second kappa shape index (κ2) is 6.40. The molecule has 0 bridgehead atoms. The van der Waals surface area contributed by atoms with E-state index in [1.54, 1.807) is 0 Å². The monoisotopic (exact) mass is 248 g/mol. The van der Waals surface area contributed by atoms with Gasteiger partial charge in [-0.3, -0.25) is 4.79 Å². The quantitative estimate of drug-likeness (QED) is 0.857. The Kier molecular flexibility index (Phi) is 4.59. The molecule has 1 fully saturated rings. The molecule has 1 aromatic rings. The standard InChI is InChI=1S/C14H20N2O2/c1-2-18-13-5-3-4-12(10-13)16-14(17)11-6-8-15-9-7-11/h3-5,10-11,15H,2,6-9H2,1H3,(H,16,17). The Balaban J connectivity index is 1.95. The van der Waals surface area contributed by atoms with Gasteiger partial charge < -0.3 is 15.4 Å². The van der Waals surface area contributed by atoms with Crippen LogP contribution in [0.2, 0.25) is 0 Å². The molecule has 0 unspecified atom stereocenters. The molecular weight excluding hydrogens is 228 g/mol. The van der Waals surface area contributed by atoms with Crippen LogP contribution in [0, 0.1) is 5.92 Å². The first kappa shape index (κ1) is 12.9. The third-order valence-electron chi connectivity index (χ3n) is 3.12. The lowest BCUT2D eigenvalue weighted by molar-refractivity contribution is -0.120. The third-order valence-corrected chi connectivity index (χ3v) is 3.12. The van der Waals surface area contributed by atoms with Crippen LogP contribution in [-0.2, 0) is 4.79 Å². The van der Waals surface area contributed by atoms with Gasteiger partial charge in [0.05, 0.1) is 6.61 Å². The van der Waals surface area contributed by atoms with Gasteiger partial charge in [-0.2, -0.15) is 0 Å². The molecule has 1 saturated heterocycles. The number of carbonyl (C=O) groups is 1. The molecule has 98 valence electrons. The fourth-order valence-electron chi connectivity index (χ4n) is 2.16. The lowest BCUT2D eigenvalue weighted by Gasteiger charge is -2.21. The number of hydrogen-bond donors (Lipinski definition) is 2. The summed E-state index contributed by atoms with van der Waals surface area (Å²) in [6.07, 6.45) is 1.83. The van der Waals surface area contributed by atoms with Crippen LogP contribution in [-0.4, -0.2) is 25.6 Å². The molecule has 0 spiro atoms. The number of nitrogens with one attached hydrogen (secondary N) is 2. The lowest BCUT2D eigenvalue weighted by atomic mass is 9.97. The fourth-order valence-corrected chi connectivity index (χ4v) is 2.16. The van der Waals surface area contributed by atoms with E-state index < -0.39 is 0 Å². The maximum Gasteiger partial charge on any atom is 0.227 e. The number of benzene rings is 1. The van der Waals surface area contributed by atoms with Gasteiger partial charge in [0.1, 0.15) is 5.75 Å². The van der Waals surface area contributed by atoms with Crippen molar-refractivity contribution in [3.8, 4) is 5.75 Å². The summed E-state index contributed by atoms with van der Waals surface area (Å²) in [5.74, 6) is 1.03. The average molecular weight is 248 g/mol. The zero-order chi connectivity index (χ0) is 12.8. The van der Waals surface area contributed by atoms with Crippen molar-refractivity contribution in [1.29, 1.82) is 0 Å². The van der Waals surface area contributed by atoms with Crippen molar-refractivity contribution in [2.24, 2.45) is 5.92 Å². The van der Waals surface area contributed by atoms with E-state index in [1.165, 1.54) is 0 Å². The molecule has 2 rings (SSSR count). The molecule has 0 aliphatic carbocycles. The Morgan fingerprint density at radius 3 is 2.94 bits per heavy atom. The second-order valence-electron chi connectivity index (χ2n) is 4.47. The highest BCUT2D eigenvalue weighted by molar-refractivity contribution is 5.92. The van der Waals surface area contributed by atoms with Crippen LogP contribution in [0.5, 0.6) is 5.75 Å². The van der Waals surface area contributed by atoms with Gasteiger partial charge in [0.15, 0.2) is 0 Å². The molecule has 4 nitrogen and oxygen atoms in total. The molecule has 1 aliphatic heterocycles. The summed E-state index contributed by atoms with van der Waals surface area (Å²) in [5.41, 5.74) is 0.810. The highest BCUT2D eigenvalue weighted by Crippen LogP contribution is 2.19. The van der Waals surface area contributed by atoms with Crippen LogP contribution in [0.25, 0.3) is 0 Å². The number of carbonyl (C=O) groups excluding carboxylic acids is 1. The van der Waals surface area contributed by atoms with Crippen molar-refractivity contribution in [3.05, 3.63) is 24.3 Å². The Labute approximate surface area is 108 Å². The molecule has 0 saturated carbocycles. The van der Waals surface area contributed by atoms with E-state index in [4.69, 9.17) is 4.74 Å². The van der Waals surface area contributed by atoms with Gasteiger partial charge in [0.2, 0.25) is 5.91 Å². The first-order valence-electron chi connectivity index (χ1n) is 6.54. The normalized spacial score (nSPS) is 16.3. The minimum absolute atomic E-state index is 0.116. The largest absolute Gasteiger partial charge is 0.494 e. The van der Waals surface area contributed by atoms with Gasteiger partial charge >= 0.3 is 0 Å². The minimum atomic E-state index is 0.116. The molecule has 1 amide bonds. The highest BCUT2D eigenvalue weighted by Gasteiger charge is 2.20. The Hall–Kier alpha value is -1.55. The lowest BCUT2D eigenvalue weighted by Crippen LogP contribution is -2.34. The van der Waals surface area contributed by atoms with Gasteiger partial charge in [0.25, 0.3) is 0 Å². The number of hydrogen-bond acceptors (Lipinski definition) is 3. The topological polar surface area (TPSA) is 50.4 Å². The number of amides is 1. The number of anilines is 1. The molecule has 1 aliphatic rings. The number of piperidine rings is 1. The molecule has 0 radical (unpaired) electrons. The molecule has 0 aromatic heterocycles. The van der Waals surface area contributed by atoms with Crippen LogP contribution < -0.4 is 15.4 Å².